The first-order valence-corrected chi connectivity index (χ1v) is 3.96. The maximum atomic E-state index is 4.09. The molecular formula is C9H14. The lowest BCUT2D eigenvalue weighted by Crippen LogP contribution is -1.98. The van der Waals surface area contributed by atoms with Crippen LogP contribution in [0.15, 0.2) is 12.2 Å². The van der Waals surface area contributed by atoms with Gasteiger partial charge in [-0.1, -0.05) is 19.1 Å². The summed E-state index contributed by atoms with van der Waals surface area (Å²) in [7, 11) is 0. The van der Waals surface area contributed by atoms with E-state index < -0.39 is 0 Å². The van der Waals surface area contributed by atoms with Crippen molar-refractivity contribution in [3.05, 3.63) is 12.2 Å². The van der Waals surface area contributed by atoms with E-state index in [1.807, 2.05) is 0 Å². The molecule has 0 aliphatic heterocycles. The lowest BCUT2D eigenvalue weighted by Gasteiger charge is -2.09. The molecule has 2 saturated carbocycles. The molecule has 0 amide bonds. The van der Waals surface area contributed by atoms with Gasteiger partial charge in [0, 0.05) is 0 Å². The van der Waals surface area contributed by atoms with E-state index in [1.165, 1.54) is 19.3 Å². The quantitative estimate of drug-likeness (QED) is 0.433. The third-order valence-corrected chi connectivity index (χ3v) is 3.28. The van der Waals surface area contributed by atoms with Crippen molar-refractivity contribution in [2.75, 3.05) is 0 Å². The average Bonchev–Trinajstić information content (AvgIpc) is 2.25. The summed E-state index contributed by atoms with van der Waals surface area (Å²) in [6.07, 6.45) is 4.25. The van der Waals surface area contributed by atoms with Crippen LogP contribution in [-0.4, -0.2) is 0 Å². The lowest BCUT2D eigenvalue weighted by molar-refractivity contribution is 0.450. The Morgan fingerprint density at radius 2 is 2.22 bits per heavy atom. The molecule has 0 aromatic heterocycles. The molecule has 0 aromatic carbocycles. The molecule has 50 valence electrons. The first kappa shape index (κ1) is 5.52. The van der Waals surface area contributed by atoms with Gasteiger partial charge in [-0.3, -0.25) is 0 Å². The third-order valence-electron chi connectivity index (χ3n) is 3.28. The second-order valence-electron chi connectivity index (χ2n) is 3.67. The fourth-order valence-corrected chi connectivity index (χ4v) is 2.60. The number of hydrogen-bond donors (Lipinski definition) is 0. The molecule has 9 heavy (non-hydrogen) atoms. The van der Waals surface area contributed by atoms with Crippen LogP contribution < -0.4 is 0 Å². The predicted octanol–water partition coefficient (Wildman–Crippen LogP) is 2.61. The van der Waals surface area contributed by atoms with Crippen molar-refractivity contribution in [3.8, 4) is 0 Å². The summed E-state index contributed by atoms with van der Waals surface area (Å²) in [4.78, 5) is 0. The number of fused-ring (bicyclic) bond motifs is 2. The van der Waals surface area contributed by atoms with Crippen molar-refractivity contribution in [2.24, 2.45) is 17.8 Å². The Morgan fingerprint density at radius 3 is 2.44 bits per heavy atom. The molecule has 3 unspecified atom stereocenters. The van der Waals surface area contributed by atoms with Crippen molar-refractivity contribution in [2.45, 2.75) is 26.2 Å². The molecule has 0 heteroatoms. The Bertz CT molecular complexity index is 146. The summed E-state index contributed by atoms with van der Waals surface area (Å²) < 4.78 is 0. The smallest absolute Gasteiger partial charge is 0.0177 e. The zero-order valence-corrected chi connectivity index (χ0v) is 6.06. The Labute approximate surface area is 57.0 Å². The lowest BCUT2D eigenvalue weighted by atomic mass is 9.96. The molecule has 2 fully saturated rings. The SMILES string of the molecule is C=C1CC2CCC1C2C. The van der Waals surface area contributed by atoms with Crippen molar-refractivity contribution < 1.29 is 0 Å². The number of rotatable bonds is 0. The molecule has 0 saturated heterocycles. The van der Waals surface area contributed by atoms with Gasteiger partial charge in [0.15, 0.2) is 0 Å². The van der Waals surface area contributed by atoms with E-state index in [0.717, 1.165) is 17.8 Å². The van der Waals surface area contributed by atoms with Crippen LogP contribution in [0.1, 0.15) is 26.2 Å². The van der Waals surface area contributed by atoms with E-state index in [2.05, 4.69) is 13.5 Å². The highest BCUT2D eigenvalue weighted by Gasteiger charge is 2.40. The van der Waals surface area contributed by atoms with Crippen LogP contribution in [0.3, 0.4) is 0 Å². The van der Waals surface area contributed by atoms with Gasteiger partial charge < -0.3 is 0 Å². The van der Waals surface area contributed by atoms with E-state index in [9.17, 15) is 0 Å². The molecule has 3 atom stereocenters. The van der Waals surface area contributed by atoms with Crippen LogP contribution in [0.4, 0.5) is 0 Å². The van der Waals surface area contributed by atoms with E-state index in [1.54, 1.807) is 5.57 Å². The predicted molar refractivity (Wildman–Crippen MR) is 39.1 cm³/mol. The van der Waals surface area contributed by atoms with Crippen molar-refractivity contribution in [1.82, 2.24) is 0 Å². The van der Waals surface area contributed by atoms with Gasteiger partial charge in [-0.2, -0.15) is 0 Å². The molecule has 0 spiro atoms. The topological polar surface area (TPSA) is 0 Å². The maximum absolute atomic E-state index is 4.09. The monoisotopic (exact) mass is 122 g/mol. The fourth-order valence-electron chi connectivity index (χ4n) is 2.60. The third kappa shape index (κ3) is 0.593. The molecule has 0 radical (unpaired) electrons. The van der Waals surface area contributed by atoms with Gasteiger partial charge in [-0.05, 0) is 37.0 Å². The summed E-state index contributed by atoms with van der Waals surface area (Å²) in [6, 6.07) is 0. The highest BCUT2D eigenvalue weighted by molar-refractivity contribution is 5.14. The van der Waals surface area contributed by atoms with Gasteiger partial charge in [0.05, 0.1) is 0 Å². The Hall–Kier alpha value is -0.260. The second kappa shape index (κ2) is 1.62. The van der Waals surface area contributed by atoms with Crippen LogP contribution in [-0.2, 0) is 0 Å². The van der Waals surface area contributed by atoms with Crippen LogP contribution in [0.5, 0.6) is 0 Å². The highest BCUT2D eigenvalue weighted by Crippen LogP contribution is 2.51. The molecule has 0 heterocycles. The molecule has 2 bridgehead atoms. The van der Waals surface area contributed by atoms with Crippen LogP contribution in [0.2, 0.25) is 0 Å². The molecule has 2 aliphatic carbocycles. The van der Waals surface area contributed by atoms with E-state index in [4.69, 9.17) is 0 Å². The van der Waals surface area contributed by atoms with Crippen molar-refractivity contribution in [3.63, 3.8) is 0 Å². The van der Waals surface area contributed by atoms with Gasteiger partial charge in [0.25, 0.3) is 0 Å². The van der Waals surface area contributed by atoms with Crippen molar-refractivity contribution >= 4 is 0 Å². The molecular weight excluding hydrogens is 108 g/mol. The van der Waals surface area contributed by atoms with E-state index in [-0.39, 0.29) is 0 Å². The molecule has 2 rings (SSSR count). The second-order valence-corrected chi connectivity index (χ2v) is 3.67. The molecule has 0 nitrogen and oxygen atoms in total. The van der Waals surface area contributed by atoms with Gasteiger partial charge in [-0.25, -0.2) is 0 Å². The Balaban J connectivity index is 2.26. The summed E-state index contributed by atoms with van der Waals surface area (Å²) in [5, 5.41) is 0. The molecule has 2 aliphatic rings. The van der Waals surface area contributed by atoms with Crippen molar-refractivity contribution in [1.29, 1.82) is 0 Å². The maximum Gasteiger partial charge on any atom is -0.0177 e. The minimum absolute atomic E-state index is 0.912. The van der Waals surface area contributed by atoms with Crippen LogP contribution in [0.25, 0.3) is 0 Å². The molecule has 0 N–H and O–H groups in total. The summed E-state index contributed by atoms with van der Waals surface area (Å²) >= 11 is 0. The first-order valence-electron chi connectivity index (χ1n) is 3.96. The average molecular weight is 122 g/mol. The zero-order valence-electron chi connectivity index (χ0n) is 6.06. The van der Waals surface area contributed by atoms with Crippen LogP contribution in [0, 0.1) is 17.8 Å². The van der Waals surface area contributed by atoms with E-state index >= 15 is 0 Å². The van der Waals surface area contributed by atoms with Gasteiger partial charge in [0.1, 0.15) is 0 Å². The van der Waals surface area contributed by atoms with Crippen LogP contribution >= 0.6 is 0 Å². The van der Waals surface area contributed by atoms with E-state index in [0.29, 0.717) is 0 Å². The van der Waals surface area contributed by atoms with Gasteiger partial charge in [-0.15, -0.1) is 0 Å². The van der Waals surface area contributed by atoms with Gasteiger partial charge >= 0.3 is 0 Å². The summed E-state index contributed by atoms with van der Waals surface area (Å²) in [6.45, 7) is 6.48. The normalized spacial score (nSPS) is 48.6. The number of allylic oxidation sites excluding steroid dienone is 1. The molecule has 0 aromatic rings. The minimum atomic E-state index is 0.912. The zero-order chi connectivity index (χ0) is 6.43. The standard InChI is InChI=1S/C9H14/c1-6-5-8-3-4-9(6)7(8)2/h7-9H,1,3-5H2,2H3. The Kier molecular flexibility index (Phi) is 0.992. The minimum Gasteiger partial charge on any atom is -0.0996 e. The fraction of sp³-hybridized carbons (Fsp3) is 0.778. The highest BCUT2D eigenvalue weighted by atomic mass is 14.5. The Morgan fingerprint density at radius 1 is 1.44 bits per heavy atom. The largest absolute Gasteiger partial charge is 0.0996 e. The first-order chi connectivity index (χ1) is 4.29. The number of hydrogen-bond acceptors (Lipinski definition) is 0. The van der Waals surface area contributed by atoms with Gasteiger partial charge in [0.2, 0.25) is 0 Å². The summed E-state index contributed by atoms with van der Waals surface area (Å²) in [5.41, 5.74) is 1.54. The summed E-state index contributed by atoms with van der Waals surface area (Å²) in [5.74, 6) is 2.90.